The second-order valence-electron chi connectivity index (χ2n) is 4.33. The Kier molecular flexibility index (Phi) is 3.85. The van der Waals surface area contributed by atoms with Gasteiger partial charge in [0.05, 0.1) is 12.1 Å². The third kappa shape index (κ3) is 2.76. The SMILES string of the molecule is CCOC(C1CC1)C(N)c1ccc(Cl)cc1. The van der Waals surface area contributed by atoms with Crippen LogP contribution < -0.4 is 5.73 Å². The van der Waals surface area contributed by atoms with Gasteiger partial charge in [-0.1, -0.05) is 23.7 Å². The number of hydrogen-bond acceptors (Lipinski definition) is 2. The summed E-state index contributed by atoms with van der Waals surface area (Å²) in [4.78, 5) is 0. The van der Waals surface area contributed by atoms with Gasteiger partial charge in [-0.25, -0.2) is 0 Å². The van der Waals surface area contributed by atoms with Gasteiger partial charge < -0.3 is 10.5 Å². The van der Waals surface area contributed by atoms with E-state index in [0.717, 1.165) is 17.2 Å². The first-order chi connectivity index (χ1) is 7.72. The van der Waals surface area contributed by atoms with Crippen LogP contribution in [-0.4, -0.2) is 12.7 Å². The van der Waals surface area contributed by atoms with Crippen molar-refractivity contribution in [3.05, 3.63) is 34.9 Å². The standard InChI is InChI=1S/C13H18ClNO/c1-2-16-13(10-3-4-10)12(15)9-5-7-11(14)8-6-9/h5-8,10,12-13H,2-4,15H2,1H3. The highest BCUT2D eigenvalue weighted by Gasteiger charge is 2.36. The third-order valence-electron chi connectivity index (χ3n) is 3.05. The van der Waals surface area contributed by atoms with Crippen molar-refractivity contribution in [3.8, 4) is 0 Å². The van der Waals surface area contributed by atoms with Crippen LogP contribution in [0.5, 0.6) is 0 Å². The van der Waals surface area contributed by atoms with E-state index in [1.54, 1.807) is 0 Å². The van der Waals surface area contributed by atoms with Crippen LogP contribution in [0.1, 0.15) is 31.4 Å². The second kappa shape index (κ2) is 5.17. The van der Waals surface area contributed by atoms with Crippen LogP contribution in [0.2, 0.25) is 5.02 Å². The molecule has 0 radical (unpaired) electrons. The molecule has 1 saturated carbocycles. The molecule has 16 heavy (non-hydrogen) atoms. The van der Waals surface area contributed by atoms with E-state index in [9.17, 15) is 0 Å². The molecule has 0 spiro atoms. The van der Waals surface area contributed by atoms with Gasteiger partial charge in [0.25, 0.3) is 0 Å². The second-order valence-corrected chi connectivity index (χ2v) is 4.77. The quantitative estimate of drug-likeness (QED) is 0.857. The molecule has 2 unspecified atom stereocenters. The van der Waals surface area contributed by atoms with Crippen LogP contribution in [0.3, 0.4) is 0 Å². The van der Waals surface area contributed by atoms with Gasteiger partial charge in [0, 0.05) is 11.6 Å². The van der Waals surface area contributed by atoms with Crippen molar-refractivity contribution >= 4 is 11.6 Å². The summed E-state index contributed by atoms with van der Waals surface area (Å²) < 4.78 is 5.75. The van der Waals surface area contributed by atoms with Crippen molar-refractivity contribution in [3.63, 3.8) is 0 Å². The molecule has 2 N–H and O–H groups in total. The first kappa shape index (κ1) is 11.9. The summed E-state index contributed by atoms with van der Waals surface area (Å²) in [6.45, 7) is 2.74. The molecule has 1 aliphatic rings. The zero-order valence-corrected chi connectivity index (χ0v) is 10.3. The molecule has 3 heteroatoms. The van der Waals surface area contributed by atoms with Gasteiger partial charge in [-0.3, -0.25) is 0 Å². The monoisotopic (exact) mass is 239 g/mol. The van der Waals surface area contributed by atoms with Gasteiger partial charge in [0.1, 0.15) is 0 Å². The van der Waals surface area contributed by atoms with Gasteiger partial charge in [0.2, 0.25) is 0 Å². The molecule has 0 amide bonds. The van der Waals surface area contributed by atoms with Crippen molar-refractivity contribution in [1.29, 1.82) is 0 Å². The van der Waals surface area contributed by atoms with E-state index in [1.165, 1.54) is 12.8 Å². The fourth-order valence-corrected chi connectivity index (χ4v) is 2.15. The molecule has 0 saturated heterocycles. The Morgan fingerprint density at radius 2 is 2.00 bits per heavy atom. The molecular formula is C13H18ClNO. The Hall–Kier alpha value is -0.570. The van der Waals surface area contributed by atoms with E-state index in [2.05, 4.69) is 0 Å². The van der Waals surface area contributed by atoms with E-state index < -0.39 is 0 Å². The summed E-state index contributed by atoms with van der Waals surface area (Å²) in [6.07, 6.45) is 2.64. The molecule has 0 heterocycles. The van der Waals surface area contributed by atoms with E-state index in [4.69, 9.17) is 22.1 Å². The van der Waals surface area contributed by atoms with Crippen LogP contribution in [0.15, 0.2) is 24.3 Å². The molecule has 0 aliphatic heterocycles. The molecule has 0 bridgehead atoms. The molecule has 1 aromatic carbocycles. The molecular weight excluding hydrogens is 222 g/mol. The average Bonchev–Trinajstić information content (AvgIpc) is 3.10. The summed E-state index contributed by atoms with van der Waals surface area (Å²) in [7, 11) is 0. The summed E-state index contributed by atoms with van der Waals surface area (Å²) >= 11 is 5.86. The Balaban J connectivity index is 2.08. The maximum atomic E-state index is 6.25. The minimum atomic E-state index is -0.0373. The van der Waals surface area contributed by atoms with E-state index in [1.807, 2.05) is 31.2 Å². The molecule has 2 nitrogen and oxygen atoms in total. The van der Waals surface area contributed by atoms with Gasteiger partial charge in [-0.2, -0.15) is 0 Å². The van der Waals surface area contributed by atoms with E-state index in [-0.39, 0.29) is 12.1 Å². The van der Waals surface area contributed by atoms with Crippen LogP contribution in [0.25, 0.3) is 0 Å². The Bertz CT molecular complexity index is 334. The molecule has 1 fully saturated rings. The fourth-order valence-electron chi connectivity index (χ4n) is 2.02. The number of benzene rings is 1. The third-order valence-corrected chi connectivity index (χ3v) is 3.31. The molecule has 2 rings (SSSR count). The average molecular weight is 240 g/mol. The lowest BCUT2D eigenvalue weighted by Gasteiger charge is -2.24. The minimum Gasteiger partial charge on any atom is -0.376 e. The minimum absolute atomic E-state index is 0.0373. The number of nitrogens with two attached hydrogens (primary N) is 1. The highest BCUT2D eigenvalue weighted by molar-refractivity contribution is 6.30. The maximum Gasteiger partial charge on any atom is 0.0795 e. The normalized spacial score (nSPS) is 19.4. The van der Waals surface area contributed by atoms with Gasteiger partial charge >= 0.3 is 0 Å². The maximum absolute atomic E-state index is 6.25. The molecule has 2 atom stereocenters. The summed E-state index contributed by atoms with van der Waals surface area (Å²) in [5.41, 5.74) is 7.35. The van der Waals surface area contributed by atoms with E-state index >= 15 is 0 Å². The van der Waals surface area contributed by atoms with Gasteiger partial charge in [-0.05, 0) is 43.4 Å². The van der Waals surface area contributed by atoms with Crippen molar-refractivity contribution in [2.75, 3.05) is 6.61 Å². The molecule has 1 aliphatic carbocycles. The van der Waals surface area contributed by atoms with Crippen molar-refractivity contribution < 1.29 is 4.74 Å². The van der Waals surface area contributed by atoms with E-state index in [0.29, 0.717) is 5.92 Å². The lowest BCUT2D eigenvalue weighted by Crippen LogP contribution is -2.30. The molecule has 1 aromatic rings. The Morgan fingerprint density at radius 3 is 2.50 bits per heavy atom. The summed E-state index contributed by atoms with van der Waals surface area (Å²) in [6, 6.07) is 7.70. The van der Waals surface area contributed by atoms with Gasteiger partial charge in [-0.15, -0.1) is 0 Å². The summed E-state index contributed by atoms with van der Waals surface area (Å²) in [5.74, 6) is 0.644. The van der Waals surface area contributed by atoms with Crippen LogP contribution in [0, 0.1) is 5.92 Å². The van der Waals surface area contributed by atoms with Crippen LogP contribution in [0.4, 0.5) is 0 Å². The molecule has 0 aromatic heterocycles. The zero-order valence-electron chi connectivity index (χ0n) is 9.53. The highest BCUT2D eigenvalue weighted by atomic mass is 35.5. The largest absolute Gasteiger partial charge is 0.376 e. The smallest absolute Gasteiger partial charge is 0.0795 e. The topological polar surface area (TPSA) is 35.2 Å². The first-order valence-electron chi connectivity index (χ1n) is 5.85. The van der Waals surface area contributed by atoms with Gasteiger partial charge in [0.15, 0.2) is 0 Å². The predicted octanol–water partition coefficient (Wildman–Crippen LogP) is 3.15. The number of rotatable bonds is 5. The van der Waals surface area contributed by atoms with Crippen LogP contribution >= 0.6 is 11.6 Å². The lowest BCUT2D eigenvalue weighted by atomic mass is 9.99. The number of hydrogen-bond donors (Lipinski definition) is 1. The zero-order chi connectivity index (χ0) is 11.5. The lowest BCUT2D eigenvalue weighted by molar-refractivity contribution is 0.0283. The highest BCUT2D eigenvalue weighted by Crippen LogP contribution is 2.39. The van der Waals surface area contributed by atoms with Crippen molar-refractivity contribution in [1.82, 2.24) is 0 Å². The number of ether oxygens (including phenoxy) is 1. The van der Waals surface area contributed by atoms with Crippen molar-refractivity contribution in [2.45, 2.75) is 31.9 Å². The van der Waals surface area contributed by atoms with Crippen molar-refractivity contribution in [2.24, 2.45) is 11.7 Å². The Morgan fingerprint density at radius 1 is 1.38 bits per heavy atom. The fraction of sp³-hybridized carbons (Fsp3) is 0.538. The first-order valence-corrected chi connectivity index (χ1v) is 6.22. The Labute approximate surface area is 102 Å². The number of halogens is 1. The predicted molar refractivity (Wildman–Crippen MR) is 66.5 cm³/mol. The molecule has 88 valence electrons. The summed E-state index contributed by atoms with van der Waals surface area (Å²) in [5, 5.41) is 0.746. The van der Waals surface area contributed by atoms with Crippen LogP contribution in [-0.2, 0) is 4.74 Å².